The first-order valence-electron chi connectivity index (χ1n) is 11.6. The fourth-order valence-electron chi connectivity index (χ4n) is 4.97. The van der Waals surface area contributed by atoms with Crippen molar-refractivity contribution >= 4 is 17.3 Å². The van der Waals surface area contributed by atoms with Crippen LogP contribution in [0.1, 0.15) is 29.0 Å². The number of anilines is 2. The fraction of sp³-hybridized carbons (Fsp3) is 0.296. The van der Waals surface area contributed by atoms with Gasteiger partial charge in [0, 0.05) is 38.8 Å². The minimum atomic E-state index is -0.196. The second-order valence-corrected chi connectivity index (χ2v) is 8.82. The molecular formula is C27H30N4O2. The average molecular weight is 443 g/mol. The van der Waals surface area contributed by atoms with Crippen LogP contribution in [0.5, 0.6) is 5.75 Å². The Bertz CT molecular complexity index is 1110. The van der Waals surface area contributed by atoms with Crippen LogP contribution in [-0.4, -0.2) is 54.7 Å². The molecule has 1 fully saturated rings. The highest BCUT2D eigenvalue weighted by atomic mass is 16.3. The minimum Gasteiger partial charge on any atom is -0.506 e. The SMILES string of the molecule is CC(CN1c2ccccc2C(=O)NC1c1ccccc1)N1CCN(c2ccccc2O)CC1. The van der Waals surface area contributed by atoms with Gasteiger partial charge in [-0.1, -0.05) is 54.6 Å². The van der Waals surface area contributed by atoms with E-state index in [9.17, 15) is 9.90 Å². The van der Waals surface area contributed by atoms with Crippen molar-refractivity contribution in [2.45, 2.75) is 19.1 Å². The number of carbonyl (C=O) groups excluding carboxylic acids is 1. The summed E-state index contributed by atoms with van der Waals surface area (Å²) in [6.07, 6.45) is -0.196. The Morgan fingerprint density at radius 1 is 0.879 bits per heavy atom. The maximum Gasteiger partial charge on any atom is 0.255 e. The van der Waals surface area contributed by atoms with Crippen molar-refractivity contribution in [2.75, 3.05) is 42.5 Å². The molecule has 2 N–H and O–H groups in total. The lowest BCUT2D eigenvalue weighted by atomic mass is 10.0. The van der Waals surface area contributed by atoms with E-state index in [0.29, 0.717) is 11.8 Å². The van der Waals surface area contributed by atoms with Gasteiger partial charge in [-0.05, 0) is 36.8 Å². The molecule has 0 aliphatic carbocycles. The highest BCUT2D eigenvalue weighted by Gasteiger charge is 2.33. The topological polar surface area (TPSA) is 59.1 Å². The number of piperazine rings is 1. The van der Waals surface area contributed by atoms with Gasteiger partial charge in [-0.3, -0.25) is 9.69 Å². The maximum absolute atomic E-state index is 12.8. The van der Waals surface area contributed by atoms with Crippen LogP contribution in [0.3, 0.4) is 0 Å². The van der Waals surface area contributed by atoms with Crippen LogP contribution in [0.2, 0.25) is 0 Å². The molecule has 6 heteroatoms. The Balaban J connectivity index is 1.34. The standard InChI is InChI=1S/C27H30N4O2/c1-20(29-15-17-30(18-16-29)24-13-7-8-14-25(24)32)19-31-23-12-6-5-11-22(23)27(33)28-26(31)21-9-3-2-4-10-21/h2-14,20,26,32H,15-19H2,1H3,(H,28,33). The molecule has 2 heterocycles. The Kier molecular flexibility index (Phi) is 5.92. The van der Waals surface area contributed by atoms with Gasteiger partial charge in [0.2, 0.25) is 0 Å². The second-order valence-electron chi connectivity index (χ2n) is 8.82. The van der Waals surface area contributed by atoms with Crippen molar-refractivity contribution in [3.05, 3.63) is 90.0 Å². The summed E-state index contributed by atoms with van der Waals surface area (Å²) in [4.78, 5) is 19.9. The summed E-state index contributed by atoms with van der Waals surface area (Å²) in [5.41, 5.74) is 3.69. The van der Waals surface area contributed by atoms with Gasteiger partial charge in [-0.2, -0.15) is 0 Å². The van der Waals surface area contributed by atoms with Crippen LogP contribution < -0.4 is 15.1 Å². The summed E-state index contributed by atoms with van der Waals surface area (Å²) < 4.78 is 0. The molecule has 2 atom stereocenters. The van der Waals surface area contributed by atoms with Crippen molar-refractivity contribution in [1.82, 2.24) is 10.2 Å². The zero-order valence-corrected chi connectivity index (χ0v) is 18.9. The van der Waals surface area contributed by atoms with Gasteiger partial charge in [-0.15, -0.1) is 0 Å². The number of hydrogen-bond donors (Lipinski definition) is 2. The number of hydrogen-bond acceptors (Lipinski definition) is 5. The molecule has 3 aromatic rings. The Morgan fingerprint density at radius 3 is 2.24 bits per heavy atom. The van der Waals surface area contributed by atoms with Crippen molar-refractivity contribution in [3.8, 4) is 5.75 Å². The third kappa shape index (κ3) is 4.26. The lowest BCUT2D eigenvalue weighted by Gasteiger charge is -2.44. The van der Waals surface area contributed by atoms with Crippen LogP contribution in [0, 0.1) is 0 Å². The molecule has 0 bridgehead atoms. The van der Waals surface area contributed by atoms with Crippen LogP contribution >= 0.6 is 0 Å². The van der Waals surface area contributed by atoms with Gasteiger partial charge in [0.25, 0.3) is 5.91 Å². The monoisotopic (exact) mass is 442 g/mol. The predicted octanol–water partition coefficient (Wildman–Crippen LogP) is 3.85. The summed E-state index contributed by atoms with van der Waals surface area (Å²) in [7, 11) is 0. The number of aromatic hydroxyl groups is 1. The molecule has 33 heavy (non-hydrogen) atoms. The van der Waals surface area contributed by atoms with Gasteiger partial charge in [0.15, 0.2) is 0 Å². The molecule has 3 aromatic carbocycles. The van der Waals surface area contributed by atoms with E-state index < -0.39 is 0 Å². The van der Waals surface area contributed by atoms with Crippen molar-refractivity contribution < 1.29 is 9.90 Å². The predicted molar refractivity (Wildman–Crippen MR) is 132 cm³/mol. The summed E-state index contributed by atoms with van der Waals surface area (Å²) in [6.45, 7) is 6.65. The highest BCUT2D eigenvalue weighted by Crippen LogP contribution is 2.34. The van der Waals surface area contributed by atoms with Crippen LogP contribution in [0.4, 0.5) is 11.4 Å². The first-order valence-corrected chi connectivity index (χ1v) is 11.6. The van der Waals surface area contributed by atoms with Gasteiger partial charge in [0.05, 0.1) is 16.9 Å². The molecular weight excluding hydrogens is 412 g/mol. The first kappa shape index (κ1) is 21.3. The third-order valence-electron chi connectivity index (χ3n) is 6.77. The number of benzene rings is 3. The Hall–Kier alpha value is -3.51. The average Bonchev–Trinajstić information content (AvgIpc) is 2.86. The number of nitrogens with one attached hydrogen (secondary N) is 1. The zero-order valence-electron chi connectivity index (χ0n) is 18.9. The Morgan fingerprint density at radius 2 is 1.52 bits per heavy atom. The van der Waals surface area contributed by atoms with E-state index in [1.54, 1.807) is 6.07 Å². The van der Waals surface area contributed by atoms with E-state index >= 15 is 0 Å². The normalized spacial score (nSPS) is 19.7. The molecule has 2 unspecified atom stereocenters. The van der Waals surface area contributed by atoms with E-state index in [2.05, 4.69) is 39.1 Å². The van der Waals surface area contributed by atoms with E-state index in [1.807, 2.05) is 60.7 Å². The number of carbonyl (C=O) groups is 1. The van der Waals surface area contributed by atoms with Crippen LogP contribution in [0.25, 0.3) is 0 Å². The van der Waals surface area contributed by atoms with Crippen LogP contribution in [-0.2, 0) is 0 Å². The zero-order chi connectivity index (χ0) is 22.8. The summed E-state index contributed by atoms with van der Waals surface area (Å²) in [5, 5.41) is 13.4. The first-order chi connectivity index (χ1) is 16.1. The van der Waals surface area contributed by atoms with Gasteiger partial charge in [-0.25, -0.2) is 0 Å². The molecule has 6 nitrogen and oxygen atoms in total. The van der Waals surface area contributed by atoms with E-state index in [1.165, 1.54) is 0 Å². The number of phenolic OH excluding ortho intramolecular Hbond substituents is 1. The van der Waals surface area contributed by atoms with Gasteiger partial charge >= 0.3 is 0 Å². The molecule has 5 rings (SSSR count). The molecule has 0 aromatic heterocycles. The lowest BCUT2D eigenvalue weighted by molar-refractivity contribution is 0.0923. The van der Waals surface area contributed by atoms with E-state index in [-0.39, 0.29) is 12.1 Å². The third-order valence-corrected chi connectivity index (χ3v) is 6.77. The molecule has 2 aliphatic rings. The van der Waals surface area contributed by atoms with Crippen molar-refractivity contribution in [2.24, 2.45) is 0 Å². The van der Waals surface area contributed by atoms with E-state index in [0.717, 1.165) is 55.2 Å². The molecule has 0 radical (unpaired) electrons. The number of rotatable bonds is 5. The van der Waals surface area contributed by atoms with Crippen molar-refractivity contribution in [3.63, 3.8) is 0 Å². The molecule has 2 aliphatic heterocycles. The number of phenols is 1. The smallest absolute Gasteiger partial charge is 0.255 e. The molecule has 1 saturated heterocycles. The number of amides is 1. The van der Waals surface area contributed by atoms with Gasteiger partial charge < -0.3 is 20.2 Å². The highest BCUT2D eigenvalue weighted by molar-refractivity contribution is 6.02. The molecule has 1 amide bonds. The largest absolute Gasteiger partial charge is 0.506 e. The minimum absolute atomic E-state index is 0.0281. The summed E-state index contributed by atoms with van der Waals surface area (Å²) in [5.74, 6) is 0.310. The van der Waals surface area contributed by atoms with Crippen molar-refractivity contribution in [1.29, 1.82) is 0 Å². The lowest BCUT2D eigenvalue weighted by Crippen LogP contribution is -2.55. The number of fused-ring (bicyclic) bond motifs is 1. The second kappa shape index (κ2) is 9.16. The van der Waals surface area contributed by atoms with Crippen LogP contribution in [0.15, 0.2) is 78.9 Å². The summed E-state index contributed by atoms with van der Waals surface area (Å²) in [6, 6.07) is 25.9. The number of para-hydroxylation sites is 3. The summed E-state index contributed by atoms with van der Waals surface area (Å²) >= 11 is 0. The Labute approximate surface area is 195 Å². The maximum atomic E-state index is 12.8. The molecule has 0 spiro atoms. The quantitative estimate of drug-likeness (QED) is 0.629. The van der Waals surface area contributed by atoms with Gasteiger partial charge in [0.1, 0.15) is 11.9 Å². The van der Waals surface area contributed by atoms with E-state index in [4.69, 9.17) is 0 Å². The molecule has 0 saturated carbocycles. The fourth-order valence-corrected chi connectivity index (χ4v) is 4.97. The molecule has 170 valence electrons. The number of nitrogens with zero attached hydrogens (tertiary/aromatic N) is 3.